The SMILES string of the molecule is CC(C(=O)N1CC(C)N(C)C(C)C1)C(N)c1ccccc1. The zero-order valence-corrected chi connectivity index (χ0v) is 13.5. The fourth-order valence-electron chi connectivity index (χ4n) is 2.99. The maximum atomic E-state index is 12.7. The van der Waals surface area contributed by atoms with Crippen molar-refractivity contribution in [2.24, 2.45) is 11.7 Å². The molecule has 1 aromatic carbocycles. The predicted molar refractivity (Wildman–Crippen MR) is 85.8 cm³/mol. The highest BCUT2D eigenvalue weighted by atomic mass is 16.2. The summed E-state index contributed by atoms with van der Waals surface area (Å²) >= 11 is 0. The van der Waals surface area contributed by atoms with E-state index in [9.17, 15) is 4.79 Å². The highest BCUT2D eigenvalue weighted by Gasteiger charge is 2.33. The highest BCUT2D eigenvalue weighted by Crippen LogP contribution is 2.23. The number of nitrogens with two attached hydrogens (primary N) is 1. The summed E-state index contributed by atoms with van der Waals surface area (Å²) in [5.74, 6) is -0.0339. The van der Waals surface area contributed by atoms with Gasteiger partial charge in [0, 0.05) is 31.2 Å². The van der Waals surface area contributed by atoms with Crippen LogP contribution in [0.2, 0.25) is 0 Å². The minimum atomic E-state index is -0.246. The molecule has 1 aliphatic rings. The molecule has 116 valence electrons. The molecule has 0 aliphatic carbocycles. The van der Waals surface area contributed by atoms with Gasteiger partial charge in [-0.05, 0) is 26.5 Å². The van der Waals surface area contributed by atoms with Crippen molar-refractivity contribution in [1.29, 1.82) is 0 Å². The molecule has 4 nitrogen and oxygen atoms in total. The van der Waals surface area contributed by atoms with Crippen molar-refractivity contribution in [2.45, 2.75) is 38.9 Å². The number of likely N-dealkylation sites (N-methyl/N-ethyl adjacent to an activating group) is 1. The maximum absolute atomic E-state index is 12.7. The number of carbonyl (C=O) groups is 1. The van der Waals surface area contributed by atoms with Crippen molar-refractivity contribution in [3.05, 3.63) is 35.9 Å². The van der Waals surface area contributed by atoms with Crippen molar-refractivity contribution >= 4 is 5.91 Å². The zero-order valence-electron chi connectivity index (χ0n) is 13.5. The maximum Gasteiger partial charge on any atom is 0.227 e. The zero-order chi connectivity index (χ0) is 15.6. The molecule has 4 heteroatoms. The second kappa shape index (κ2) is 6.58. The number of hydrogen-bond acceptors (Lipinski definition) is 3. The molecular formula is C17H27N3O. The molecule has 0 radical (unpaired) electrons. The highest BCUT2D eigenvalue weighted by molar-refractivity contribution is 5.79. The minimum Gasteiger partial charge on any atom is -0.339 e. The molecule has 0 spiro atoms. The molecule has 2 rings (SSSR count). The van der Waals surface area contributed by atoms with Gasteiger partial charge in [-0.15, -0.1) is 0 Å². The third kappa shape index (κ3) is 3.44. The standard InChI is InChI=1S/C17H27N3O/c1-12-10-20(11-13(2)19(12)4)17(21)14(3)16(18)15-8-6-5-7-9-15/h5-9,12-14,16H,10-11,18H2,1-4H3. The first-order valence-corrected chi connectivity index (χ1v) is 7.73. The fraction of sp³-hybridized carbons (Fsp3) is 0.588. The Morgan fingerprint density at radius 2 is 1.71 bits per heavy atom. The third-order valence-electron chi connectivity index (χ3n) is 4.78. The topological polar surface area (TPSA) is 49.6 Å². The van der Waals surface area contributed by atoms with E-state index in [2.05, 4.69) is 25.8 Å². The number of benzene rings is 1. The van der Waals surface area contributed by atoms with Crippen LogP contribution >= 0.6 is 0 Å². The van der Waals surface area contributed by atoms with E-state index in [0.717, 1.165) is 18.7 Å². The smallest absolute Gasteiger partial charge is 0.227 e. The Hall–Kier alpha value is -1.39. The van der Waals surface area contributed by atoms with Gasteiger partial charge in [0.2, 0.25) is 5.91 Å². The van der Waals surface area contributed by atoms with Crippen LogP contribution in [-0.4, -0.2) is 47.9 Å². The van der Waals surface area contributed by atoms with Gasteiger partial charge in [-0.1, -0.05) is 37.3 Å². The molecule has 0 saturated carbocycles. The molecule has 1 fully saturated rings. The van der Waals surface area contributed by atoms with Crippen LogP contribution in [0.4, 0.5) is 0 Å². The molecule has 21 heavy (non-hydrogen) atoms. The lowest BCUT2D eigenvalue weighted by molar-refractivity contribution is -0.139. The van der Waals surface area contributed by atoms with Crippen LogP contribution in [0.3, 0.4) is 0 Å². The summed E-state index contributed by atoms with van der Waals surface area (Å²) < 4.78 is 0. The van der Waals surface area contributed by atoms with Gasteiger partial charge >= 0.3 is 0 Å². The van der Waals surface area contributed by atoms with E-state index < -0.39 is 0 Å². The lowest BCUT2D eigenvalue weighted by atomic mass is 9.93. The Labute approximate surface area is 127 Å². The van der Waals surface area contributed by atoms with Gasteiger partial charge in [-0.2, -0.15) is 0 Å². The summed E-state index contributed by atoms with van der Waals surface area (Å²) in [5, 5.41) is 0. The van der Waals surface area contributed by atoms with Crippen LogP contribution in [-0.2, 0) is 4.79 Å². The van der Waals surface area contributed by atoms with Crippen LogP contribution in [0.15, 0.2) is 30.3 Å². The predicted octanol–water partition coefficient (Wildman–Crippen LogP) is 1.87. The van der Waals surface area contributed by atoms with Crippen molar-refractivity contribution < 1.29 is 4.79 Å². The molecule has 0 bridgehead atoms. The van der Waals surface area contributed by atoms with E-state index in [0.29, 0.717) is 12.1 Å². The molecule has 1 amide bonds. The van der Waals surface area contributed by atoms with Gasteiger partial charge in [0.05, 0.1) is 5.92 Å². The van der Waals surface area contributed by atoms with E-state index in [1.165, 1.54) is 0 Å². The van der Waals surface area contributed by atoms with Gasteiger partial charge in [0.1, 0.15) is 0 Å². The van der Waals surface area contributed by atoms with Crippen molar-refractivity contribution in [1.82, 2.24) is 9.80 Å². The van der Waals surface area contributed by atoms with E-state index in [1.807, 2.05) is 42.2 Å². The Kier molecular flexibility index (Phi) is 5.01. The molecule has 2 N–H and O–H groups in total. The van der Waals surface area contributed by atoms with Gasteiger partial charge in [-0.3, -0.25) is 9.69 Å². The van der Waals surface area contributed by atoms with E-state index in [1.54, 1.807) is 0 Å². The molecular weight excluding hydrogens is 262 g/mol. The fourth-order valence-corrected chi connectivity index (χ4v) is 2.99. The molecule has 1 saturated heterocycles. The van der Waals surface area contributed by atoms with E-state index in [4.69, 9.17) is 5.73 Å². The summed E-state index contributed by atoms with van der Waals surface area (Å²) in [6.07, 6.45) is 0. The molecule has 4 unspecified atom stereocenters. The summed E-state index contributed by atoms with van der Waals surface area (Å²) in [5.41, 5.74) is 7.31. The molecule has 4 atom stereocenters. The summed E-state index contributed by atoms with van der Waals surface area (Å²) in [7, 11) is 2.12. The van der Waals surface area contributed by atoms with Crippen molar-refractivity contribution in [3.8, 4) is 0 Å². The Morgan fingerprint density at radius 3 is 2.24 bits per heavy atom. The van der Waals surface area contributed by atoms with Crippen LogP contribution in [0.5, 0.6) is 0 Å². The average molecular weight is 289 g/mol. The normalized spacial score (nSPS) is 26.4. The van der Waals surface area contributed by atoms with Crippen molar-refractivity contribution in [2.75, 3.05) is 20.1 Å². The summed E-state index contributed by atoms with van der Waals surface area (Å²) in [6, 6.07) is 10.4. The molecule has 1 heterocycles. The van der Waals surface area contributed by atoms with Crippen molar-refractivity contribution in [3.63, 3.8) is 0 Å². The van der Waals surface area contributed by atoms with Crippen LogP contribution in [0.1, 0.15) is 32.4 Å². The van der Waals surface area contributed by atoms with Crippen LogP contribution in [0, 0.1) is 5.92 Å². The van der Waals surface area contributed by atoms with E-state index in [-0.39, 0.29) is 17.9 Å². The lowest BCUT2D eigenvalue weighted by Crippen LogP contribution is -2.57. The molecule has 1 aromatic rings. The van der Waals surface area contributed by atoms with Crippen LogP contribution < -0.4 is 5.73 Å². The van der Waals surface area contributed by atoms with Gasteiger partial charge < -0.3 is 10.6 Å². The third-order valence-corrected chi connectivity index (χ3v) is 4.78. The lowest BCUT2D eigenvalue weighted by Gasteiger charge is -2.43. The van der Waals surface area contributed by atoms with E-state index >= 15 is 0 Å². The Morgan fingerprint density at radius 1 is 1.19 bits per heavy atom. The number of piperazine rings is 1. The number of nitrogens with zero attached hydrogens (tertiary/aromatic N) is 2. The number of hydrogen-bond donors (Lipinski definition) is 1. The van der Waals surface area contributed by atoms with Gasteiger partial charge in [0.15, 0.2) is 0 Å². The molecule has 0 aromatic heterocycles. The largest absolute Gasteiger partial charge is 0.339 e. The first-order chi connectivity index (χ1) is 9.91. The summed E-state index contributed by atoms with van der Waals surface area (Å²) in [4.78, 5) is 17.0. The van der Waals surface area contributed by atoms with Crippen LogP contribution in [0.25, 0.3) is 0 Å². The van der Waals surface area contributed by atoms with Gasteiger partial charge in [-0.25, -0.2) is 0 Å². The minimum absolute atomic E-state index is 0.165. The quantitative estimate of drug-likeness (QED) is 0.924. The molecule has 1 aliphatic heterocycles. The second-order valence-corrected chi connectivity index (χ2v) is 6.33. The number of rotatable bonds is 3. The second-order valence-electron chi connectivity index (χ2n) is 6.33. The first-order valence-electron chi connectivity index (χ1n) is 7.73. The first kappa shape index (κ1) is 16.0. The van der Waals surface area contributed by atoms with Gasteiger partial charge in [0.25, 0.3) is 0 Å². The Balaban J connectivity index is 2.06. The summed E-state index contributed by atoms with van der Waals surface area (Å²) in [6.45, 7) is 7.83. The number of carbonyl (C=O) groups excluding carboxylic acids is 1. The average Bonchev–Trinajstić information content (AvgIpc) is 2.50. The number of amides is 1. The monoisotopic (exact) mass is 289 g/mol. The Bertz CT molecular complexity index is 464.